The second kappa shape index (κ2) is 8.52. The number of nitrogens with one attached hydrogen (secondary N) is 2. The molecule has 0 aromatic heterocycles. The van der Waals surface area contributed by atoms with E-state index in [1.807, 2.05) is 24.3 Å². The predicted octanol–water partition coefficient (Wildman–Crippen LogP) is 1.81. The Morgan fingerprint density at radius 1 is 1.25 bits per heavy atom. The first-order chi connectivity index (χ1) is 13.4. The molecular weight excluding hydrogens is 378 g/mol. The van der Waals surface area contributed by atoms with Gasteiger partial charge in [0.1, 0.15) is 0 Å². The third kappa shape index (κ3) is 4.57. The molecule has 0 aliphatic carbocycles. The fourth-order valence-corrected chi connectivity index (χ4v) is 4.50. The number of piperidine rings is 1. The van der Waals surface area contributed by atoms with Crippen molar-refractivity contribution in [1.82, 2.24) is 10.0 Å². The fraction of sp³-hybridized carbons (Fsp3) is 0.300. The Morgan fingerprint density at radius 2 is 2.04 bits per heavy atom. The Morgan fingerprint density at radius 3 is 2.79 bits per heavy atom. The number of carboxylic acids is 1. The summed E-state index contributed by atoms with van der Waals surface area (Å²) in [6.45, 7) is 1.33. The molecule has 3 N–H and O–H groups in total. The molecule has 0 amide bonds. The highest BCUT2D eigenvalue weighted by Gasteiger charge is 2.31. The Kier molecular flexibility index (Phi) is 6.09. The predicted molar refractivity (Wildman–Crippen MR) is 103 cm³/mol. The number of sulfonamides is 1. The van der Waals surface area contributed by atoms with Gasteiger partial charge in [-0.05, 0) is 42.3 Å². The summed E-state index contributed by atoms with van der Waals surface area (Å²) in [6.07, 6.45) is 0.562. The first kappa shape index (κ1) is 20.0. The van der Waals surface area contributed by atoms with Crippen molar-refractivity contribution < 1.29 is 18.3 Å². The van der Waals surface area contributed by atoms with Crippen LogP contribution in [0, 0.1) is 17.2 Å². The van der Waals surface area contributed by atoms with E-state index in [9.17, 15) is 18.3 Å². The van der Waals surface area contributed by atoms with Gasteiger partial charge in [-0.3, -0.25) is 4.79 Å². The van der Waals surface area contributed by atoms with Crippen LogP contribution in [0.2, 0.25) is 0 Å². The molecule has 2 aromatic rings. The van der Waals surface area contributed by atoms with E-state index in [1.54, 1.807) is 12.1 Å². The molecule has 3 rings (SSSR count). The van der Waals surface area contributed by atoms with E-state index in [4.69, 9.17) is 5.26 Å². The van der Waals surface area contributed by atoms with Crippen LogP contribution in [0.1, 0.15) is 29.0 Å². The zero-order chi connectivity index (χ0) is 20.1. The molecule has 2 aromatic carbocycles. The van der Waals surface area contributed by atoms with Crippen LogP contribution in [-0.2, 0) is 21.4 Å². The van der Waals surface area contributed by atoms with Crippen LogP contribution in [0.4, 0.5) is 0 Å². The number of hydrogen-bond donors (Lipinski definition) is 3. The van der Waals surface area contributed by atoms with Crippen LogP contribution >= 0.6 is 0 Å². The van der Waals surface area contributed by atoms with E-state index in [1.165, 1.54) is 18.2 Å². The summed E-state index contributed by atoms with van der Waals surface area (Å²) in [5, 5.41) is 21.6. The van der Waals surface area contributed by atoms with Crippen molar-refractivity contribution in [2.45, 2.75) is 23.8 Å². The van der Waals surface area contributed by atoms with Gasteiger partial charge in [0.25, 0.3) is 0 Å². The number of hydrogen-bond acceptors (Lipinski definition) is 5. The highest BCUT2D eigenvalue weighted by atomic mass is 32.2. The van der Waals surface area contributed by atoms with Gasteiger partial charge in [-0.25, -0.2) is 13.1 Å². The van der Waals surface area contributed by atoms with Crippen molar-refractivity contribution >= 4 is 16.0 Å². The Labute approximate surface area is 164 Å². The molecule has 2 atom stereocenters. The first-order valence-electron chi connectivity index (χ1n) is 8.93. The van der Waals surface area contributed by atoms with Crippen LogP contribution in [-0.4, -0.2) is 32.6 Å². The quantitative estimate of drug-likeness (QED) is 0.682. The monoisotopic (exact) mass is 399 g/mol. The number of nitriles is 1. The molecule has 1 aliphatic rings. The molecule has 146 valence electrons. The summed E-state index contributed by atoms with van der Waals surface area (Å²) in [5.74, 6) is -1.42. The SMILES string of the molecule is N#Cc1cccc(S(=O)(=O)NCc2cccc([C@@H]3CNCC[C@H]3C(=O)O)c2)c1. The van der Waals surface area contributed by atoms with Gasteiger partial charge in [0.2, 0.25) is 10.0 Å². The normalized spacial score (nSPS) is 19.7. The molecule has 1 heterocycles. The lowest BCUT2D eigenvalue weighted by Crippen LogP contribution is -2.38. The third-order valence-corrected chi connectivity index (χ3v) is 6.32. The second-order valence-electron chi connectivity index (χ2n) is 6.75. The van der Waals surface area contributed by atoms with Crippen molar-refractivity contribution in [2.24, 2.45) is 5.92 Å². The van der Waals surface area contributed by atoms with E-state index in [0.717, 1.165) is 11.1 Å². The number of nitrogens with zero attached hydrogens (tertiary/aromatic N) is 1. The number of rotatable bonds is 6. The van der Waals surface area contributed by atoms with Gasteiger partial charge in [-0.15, -0.1) is 0 Å². The minimum atomic E-state index is -3.76. The van der Waals surface area contributed by atoms with Crippen LogP contribution in [0.5, 0.6) is 0 Å². The molecule has 7 nitrogen and oxygen atoms in total. The first-order valence-corrected chi connectivity index (χ1v) is 10.4. The maximum absolute atomic E-state index is 12.5. The number of aliphatic carboxylic acids is 1. The molecule has 0 bridgehead atoms. The van der Waals surface area contributed by atoms with Gasteiger partial charge in [0.05, 0.1) is 22.4 Å². The van der Waals surface area contributed by atoms with Crippen LogP contribution < -0.4 is 10.0 Å². The molecule has 1 saturated heterocycles. The van der Waals surface area contributed by atoms with Crippen molar-refractivity contribution in [2.75, 3.05) is 13.1 Å². The van der Waals surface area contributed by atoms with Crippen molar-refractivity contribution in [3.05, 3.63) is 65.2 Å². The highest BCUT2D eigenvalue weighted by Crippen LogP contribution is 2.30. The minimum Gasteiger partial charge on any atom is -0.481 e. The molecule has 0 spiro atoms. The van der Waals surface area contributed by atoms with E-state index >= 15 is 0 Å². The van der Waals surface area contributed by atoms with Gasteiger partial charge < -0.3 is 10.4 Å². The summed E-state index contributed by atoms with van der Waals surface area (Å²) in [7, 11) is -3.76. The largest absolute Gasteiger partial charge is 0.481 e. The Balaban J connectivity index is 1.76. The van der Waals surface area contributed by atoms with Crippen molar-refractivity contribution in [3.63, 3.8) is 0 Å². The molecule has 0 saturated carbocycles. The van der Waals surface area contributed by atoms with Gasteiger partial charge >= 0.3 is 5.97 Å². The van der Waals surface area contributed by atoms with Gasteiger partial charge in [-0.1, -0.05) is 30.3 Å². The Hall–Kier alpha value is -2.73. The summed E-state index contributed by atoms with van der Waals surface area (Å²) < 4.78 is 27.5. The molecule has 1 fully saturated rings. The van der Waals surface area contributed by atoms with Gasteiger partial charge in [0, 0.05) is 19.0 Å². The third-order valence-electron chi connectivity index (χ3n) is 4.92. The molecular formula is C20H21N3O4S. The lowest BCUT2D eigenvalue weighted by Gasteiger charge is -2.30. The van der Waals surface area contributed by atoms with E-state index in [-0.39, 0.29) is 22.9 Å². The minimum absolute atomic E-state index is 0.0325. The summed E-state index contributed by atoms with van der Waals surface area (Å²) in [4.78, 5) is 11.6. The van der Waals surface area contributed by atoms with Crippen LogP contribution in [0.3, 0.4) is 0 Å². The second-order valence-corrected chi connectivity index (χ2v) is 8.52. The van der Waals surface area contributed by atoms with Gasteiger partial charge in [0.15, 0.2) is 0 Å². The Bertz CT molecular complexity index is 1010. The number of benzene rings is 2. The summed E-state index contributed by atoms with van der Waals surface area (Å²) in [6, 6.07) is 15.1. The van der Waals surface area contributed by atoms with E-state index in [0.29, 0.717) is 19.5 Å². The van der Waals surface area contributed by atoms with Crippen LogP contribution in [0.15, 0.2) is 53.4 Å². The summed E-state index contributed by atoms with van der Waals surface area (Å²) in [5.41, 5.74) is 1.89. The number of carbonyl (C=O) groups is 1. The molecule has 0 unspecified atom stereocenters. The topological polar surface area (TPSA) is 119 Å². The lowest BCUT2D eigenvalue weighted by atomic mass is 9.81. The van der Waals surface area contributed by atoms with Gasteiger partial charge in [-0.2, -0.15) is 5.26 Å². The average Bonchev–Trinajstić information content (AvgIpc) is 2.72. The van der Waals surface area contributed by atoms with E-state index in [2.05, 4.69) is 10.0 Å². The van der Waals surface area contributed by atoms with Crippen LogP contribution in [0.25, 0.3) is 0 Å². The molecule has 28 heavy (non-hydrogen) atoms. The molecule has 8 heteroatoms. The maximum Gasteiger partial charge on any atom is 0.307 e. The smallest absolute Gasteiger partial charge is 0.307 e. The van der Waals surface area contributed by atoms with E-state index < -0.39 is 21.9 Å². The fourth-order valence-electron chi connectivity index (χ4n) is 3.43. The van der Waals surface area contributed by atoms with Crippen molar-refractivity contribution in [1.29, 1.82) is 5.26 Å². The van der Waals surface area contributed by atoms with Crippen molar-refractivity contribution in [3.8, 4) is 6.07 Å². The molecule has 0 radical (unpaired) electrons. The zero-order valence-electron chi connectivity index (χ0n) is 15.1. The molecule has 1 aliphatic heterocycles. The number of carboxylic acid groups (broad SMARTS) is 1. The zero-order valence-corrected chi connectivity index (χ0v) is 15.9. The maximum atomic E-state index is 12.5. The average molecular weight is 399 g/mol. The summed E-state index contributed by atoms with van der Waals surface area (Å²) >= 11 is 0. The standard InChI is InChI=1S/C20H21N3O4S/c21-11-14-3-2-6-17(10-14)28(26,27)23-12-15-4-1-5-16(9-15)19-13-22-8-7-18(19)20(24)25/h1-6,9-10,18-19,22-23H,7-8,12-13H2,(H,24,25)/t18-,19+/m1/s1. The highest BCUT2D eigenvalue weighted by molar-refractivity contribution is 7.89. The lowest BCUT2D eigenvalue weighted by molar-refractivity contribution is -0.143.